The van der Waals surface area contributed by atoms with Crippen molar-refractivity contribution in [1.82, 2.24) is 5.32 Å². The van der Waals surface area contributed by atoms with Crippen molar-refractivity contribution < 1.29 is 14.2 Å². The fourth-order valence-electron chi connectivity index (χ4n) is 1.27. The van der Waals surface area contributed by atoms with E-state index in [1.54, 1.807) is 7.11 Å². The Balaban J connectivity index is 1.85. The van der Waals surface area contributed by atoms with Crippen molar-refractivity contribution >= 4 is 0 Å². The molecule has 4 heteroatoms. The molecule has 1 aromatic carbocycles. The zero-order valence-corrected chi connectivity index (χ0v) is 10.4. The van der Waals surface area contributed by atoms with Crippen LogP contribution in [0.25, 0.3) is 0 Å². The number of benzene rings is 1. The molecule has 0 saturated carbocycles. The van der Waals surface area contributed by atoms with E-state index in [2.05, 4.69) is 5.32 Å². The van der Waals surface area contributed by atoms with Gasteiger partial charge in [-0.2, -0.15) is 0 Å². The van der Waals surface area contributed by atoms with Crippen molar-refractivity contribution in [3.8, 4) is 5.75 Å². The van der Waals surface area contributed by atoms with Crippen LogP contribution in [-0.4, -0.2) is 46.6 Å². The van der Waals surface area contributed by atoms with E-state index in [0.717, 1.165) is 18.8 Å². The Morgan fingerprint density at radius 2 is 1.71 bits per heavy atom. The van der Waals surface area contributed by atoms with Gasteiger partial charge in [-0.25, -0.2) is 0 Å². The maximum atomic E-state index is 5.53. The Hall–Kier alpha value is -1.10. The van der Waals surface area contributed by atoms with Gasteiger partial charge in [-0.05, 0) is 12.1 Å². The van der Waals surface area contributed by atoms with Crippen LogP contribution in [-0.2, 0) is 9.47 Å². The fraction of sp³-hybridized carbons (Fsp3) is 0.538. The van der Waals surface area contributed by atoms with Crippen LogP contribution in [0.15, 0.2) is 30.3 Å². The van der Waals surface area contributed by atoms with Gasteiger partial charge in [0.2, 0.25) is 0 Å². The molecule has 17 heavy (non-hydrogen) atoms. The summed E-state index contributed by atoms with van der Waals surface area (Å²) in [6, 6.07) is 9.81. The molecule has 1 aromatic rings. The summed E-state index contributed by atoms with van der Waals surface area (Å²) in [6.07, 6.45) is 0. The normalized spacial score (nSPS) is 10.4. The molecule has 0 amide bonds. The molecule has 0 aromatic heterocycles. The van der Waals surface area contributed by atoms with Gasteiger partial charge in [0, 0.05) is 20.2 Å². The van der Waals surface area contributed by atoms with Gasteiger partial charge in [0.25, 0.3) is 0 Å². The van der Waals surface area contributed by atoms with E-state index in [0.29, 0.717) is 26.4 Å². The summed E-state index contributed by atoms with van der Waals surface area (Å²) in [7, 11) is 1.67. The Bertz CT molecular complexity index is 267. The van der Waals surface area contributed by atoms with Gasteiger partial charge in [0.05, 0.1) is 19.8 Å². The minimum Gasteiger partial charge on any atom is -0.492 e. The van der Waals surface area contributed by atoms with E-state index >= 15 is 0 Å². The molecule has 1 rings (SSSR count). The van der Waals surface area contributed by atoms with E-state index in [1.807, 2.05) is 30.3 Å². The number of hydrogen-bond donors (Lipinski definition) is 1. The van der Waals surface area contributed by atoms with Crippen molar-refractivity contribution in [1.29, 1.82) is 0 Å². The summed E-state index contributed by atoms with van der Waals surface area (Å²) in [5, 5.41) is 3.24. The SMILES string of the molecule is COCCOCCNCCOc1ccccc1. The first-order valence-electron chi connectivity index (χ1n) is 5.88. The molecule has 0 atom stereocenters. The molecular weight excluding hydrogens is 218 g/mol. The fourth-order valence-corrected chi connectivity index (χ4v) is 1.27. The van der Waals surface area contributed by atoms with Gasteiger partial charge >= 0.3 is 0 Å². The molecule has 0 unspecified atom stereocenters. The summed E-state index contributed by atoms with van der Waals surface area (Å²) < 4.78 is 15.7. The summed E-state index contributed by atoms with van der Waals surface area (Å²) in [5.41, 5.74) is 0. The molecule has 1 N–H and O–H groups in total. The van der Waals surface area contributed by atoms with E-state index in [1.165, 1.54) is 0 Å². The molecule has 0 aliphatic heterocycles. The molecule has 0 radical (unpaired) electrons. The third-order valence-corrected chi connectivity index (χ3v) is 2.15. The second-order valence-electron chi connectivity index (χ2n) is 3.52. The van der Waals surface area contributed by atoms with E-state index < -0.39 is 0 Å². The van der Waals surface area contributed by atoms with Crippen molar-refractivity contribution in [3.05, 3.63) is 30.3 Å². The quantitative estimate of drug-likeness (QED) is 0.625. The zero-order valence-electron chi connectivity index (χ0n) is 10.4. The lowest BCUT2D eigenvalue weighted by molar-refractivity contribution is 0.0717. The standard InChI is InChI=1S/C13H21NO3/c1-15-11-12-16-9-7-14-8-10-17-13-5-3-2-4-6-13/h2-6,14H,7-12H2,1H3. The molecular formula is C13H21NO3. The highest BCUT2D eigenvalue weighted by Gasteiger charge is 1.92. The first kappa shape index (κ1) is 14.0. The Labute approximate surface area is 103 Å². The van der Waals surface area contributed by atoms with Gasteiger partial charge in [-0.3, -0.25) is 0 Å². The monoisotopic (exact) mass is 239 g/mol. The van der Waals surface area contributed by atoms with Gasteiger partial charge in [0.1, 0.15) is 12.4 Å². The number of ether oxygens (including phenoxy) is 3. The molecule has 0 aliphatic carbocycles. The first-order chi connectivity index (χ1) is 8.43. The van der Waals surface area contributed by atoms with Crippen LogP contribution in [0.5, 0.6) is 5.75 Å². The van der Waals surface area contributed by atoms with Crippen LogP contribution in [0.1, 0.15) is 0 Å². The Kier molecular flexibility index (Phi) is 8.28. The molecule has 0 bridgehead atoms. The second kappa shape index (κ2) is 10.1. The molecule has 0 spiro atoms. The van der Waals surface area contributed by atoms with Crippen LogP contribution in [0, 0.1) is 0 Å². The van der Waals surface area contributed by atoms with E-state index in [4.69, 9.17) is 14.2 Å². The van der Waals surface area contributed by atoms with Crippen molar-refractivity contribution in [3.63, 3.8) is 0 Å². The third-order valence-electron chi connectivity index (χ3n) is 2.15. The van der Waals surface area contributed by atoms with Crippen LogP contribution < -0.4 is 10.1 Å². The molecule has 0 saturated heterocycles. The molecule has 0 aliphatic rings. The first-order valence-corrected chi connectivity index (χ1v) is 5.88. The number of nitrogens with one attached hydrogen (secondary N) is 1. The highest BCUT2D eigenvalue weighted by molar-refractivity contribution is 5.20. The van der Waals surface area contributed by atoms with Crippen LogP contribution >= 0.6 is 0 Å². The topological polar surface area (TPSA) is 39.7 Å². The summed E-state index contributed by atoms with van der Waals surface area (Å²) in [5.74, 6) is 0.908. The highest BCUT2D eigenvalue weighted by Crippen LogP contribution is 2.07. The smallest absolute Gasteiger partial charge is 0.119 e. The lowest BCUT2D eigenvalue weighted by Crippen LogP contribution is -2.25. The number of methoxy groups -OCH3 is 1. The van der Waals surface area contributed by atoms with Crippen LogP contribution in [0.3, 0.4) is 0 Å². The maximum absolute atomic E-state index is 5.53. The third kappa shape index (κ3) is 7.74. The molecule has 0 heterocycles. The molecule has 4 nitrogen and oxygen atoms in total. The average Bonchev–Trinajstić information content (AvgIpc) is 2.38. The second-order valence-corrected chi connectivity index (χ2v) is 3.52. The minimum atomic E-state index is 0.650. The largest absolute Gasteiger partial charge is 0.492 e. The van der Waals surface area contributed by atoms with E-state index in [-0.39, 0.29) is 0 Å². The van der Waals surface area contributed by atoms with Gasteiger partial charge in [0.15, 0.2) is 0 Å². The van der Waals surface area contributed by atoms with Crippen molar-refractivity contribution in [2.24, 2.45) is 0 Å². The summed E-state index contributed by atoms with van der Waals surface area (Å²) >= 11 is 0. The minimum absolute atomic E-state index is 0.650. The zero-order chi connectivity index (χ0) is 12.2. The maximum Gasteiger partial charge on any atom is 0.119 e. The lowest BCUT2D eigenvalue weighted by atomic mass is 10.3. The van der Waals surface area contributed by atoms with Gasteiger partial charge < -0.3 is 19.5 Å². The van der Waals surface area contributed by atoms with Crippen molar-refractivity contribution in [2.45, 2.75) is 0 Å². The molecule has 96 valence electrons. The predicted octanol–water partition coefficient (Wildman–Crippen LogP) is 1.32. The summed E-state index contributed by atoms with van der Waals surface area (Å²) in [6.45, 7) is 4.33. The Morgan fingerprint density at radius 3 is 2.47 bits per heavy atom. The van der Waals surface area contributed by atoms with Crippen molar-refractivity contribution in [2.75, 3.05) is 46.6 Å². The number of rotatable bonds is 10. The van der Waals surface area contributed by atoms with Gasteiger partial charge in [-0.1, -0.05) is 18.2 Å². The van der Waals surface area contributed by atoms with Crippen LogP contribution in [0.4, 0.5) is 0 Å². The number of para-hydroxylation sites is 1. The summed E-state index contributed by atoms with van der Waals surface area (Å²) in [4.78, 5) is 0. The number of hydrogen-bond acceptors (Lipinski definition) is 4. The van der Waals surface area contributed by atoms with E-state index in [9.17, 15) is 0 Å². The average molecular weight is 239 g/mol. The molecule has 0 fully saturated rings. The van der Waals surface area contributed by atoms with Gasteiger partial charge in [-0.15, -0.1) is 0 Å². The Morgan fingerprint density at radius 1 is 0.941 bits per heavy atom. The lowest BCUT2D eigenvalue weighted by Gasteiger charge is -2.07. The van der Waals surface area contributed by atoms with Crippen LogP contribution in [0.2, 0.25) is 0 Å². The predicted molar refractivity (Wildman–Crippen MR) is 67.5 cm³/mol. The highest BCUT2D eigenvalue weighted by atomic mass is 16.5.